The van der Waals surface area contributed by atoms with E-state index in [1.807, 2.05) is 18.0 Å². The Balaban J connectivity index is 2.23. The second-order valence-electron chi connectivity index (χ2n) is 4.20. The molecular formula is C12H18N2O. The topological polar surface area (TPSA) is 36.1 Å². The van der Waals surface area contributed by atoms with Crippen molar-refractivity contribution in [3.63, 3.8) is 0 Å². The van der Waals surface area contributed by atoms with Crippen LogP contribution in [-0.2, 0) is 17.8 Å². The highest BCUT2D eigenvalue weighted by Crippen LogP contribution is 2.21. The van der Waals surface area contributed by atoms with E-state index in [-0.39, 0.29) is 5.91 Å². The first-order chi connectivity index (χ1) is 7.22. The maximum atomic E-state index is 11.7. The zero-order valence-corrected chi connectivity index (χ0v) is 9.47. The number of fused-ring (bicyclic) bond motifs is 1. The lowest BCUT2D eigenvalue weighted by atomic mass is 10.1. The average molecular weight is 206 g/mol. The van der Waals surface area contributed by atoms with Crippen molar-refractivity contribution in [3.8, 4) is 0 Å². The first-order valence-corrected chi connectivity index (χ1v) is 5.66. The molecule has 0 saturated carbocycles. The van der Waals surface area contributed by atoms with Gasteiger partial charge in [-0.3, -0.25) is 4.79 Å². The van der Waals surface area contributed by atoms with Gasteiger partial charge in [0.15, 0.2) is 0 Å². The number of hydrogen-bond acceptors (Lipinski definition) is 1. The maximum absolute atomic E-state index is 11.7. The number of amides is 1. The largest absolute Gasteiger partial charge is 0.364 e. The van der Waals surface area contributed by atoms with Gasteiger partial charge in [0.2, 0.25) is 5.91 Å². The molecule has 0 aliphatic carbocycles. The minimum atomic E-state index is 0.267. The summed E-state index contributed by atoms with van der Waals surface area (Å²) in [5.74, 6) is 0.267. The fraction of sp³-hybridized carbons (Fsp3) is 0.583. The Morgan fingerprint density at radius 1 is 1.60 bits per heavy atom. The molecule has 0 aromatic carbocycles. The number of H-pyrrole nitrogens is 1. The molecule has 1 aliphatic heterocycles. The van der Waals surface area contributed by atoms with Crippen LogP contribution in [0.5, 0.6) is 0 Å². The van der Waals surface area contributed by atoms with Crippen LogP contribution < -0.4 is 0 Å². The molecule has 1 aliphatic rings. The van der Waals surface area contributed by atoms with Gasteiger partial charge in [-0.25, -0.2) is 0 Å². The molecule has 0 atom stereocenters. The first-order valence-electron chi connectivity index (χ1n) is 5.66. The zero-order chi connectivity index (χ0) is 10.8. The molecule has 3 heteroatoms. The number of nitrogens with one attached hydrogen (secondary N) is 1. The second kappa shape index (κ2) is 4.09. The quantitative estimate of drug-likeness (QED) is 0.749. The third-order valence-electron chi connectivity index (χ3n) is 3.16. The van der Waals surface area contributed by atoms with Crippen molar-refractivity contribution >= 4 is 5.91 Å². The van der Waals surface area contributed by atoms with Crippen LogP contribution in [0.2, 0.25) is 0 Å². The van der Waals surface area contributed by atoms with Crippen molar-refractivity contribution in [2.75, 3.05) is 6.54 Å². The zero-order valence-electron chi connectivity index (χ0n) is 9.47. The van der Waals surface area contributed by atoms with E-state index in [4.69, 9.17) is 0 Å². The lowest BCUT2D eigenvalue weighted by Crippen LogP contribution is -2.29. The Morgan fingerprint density at radius 2 is 2.40 bits per heavy atom. The molecule has 1 aromatic rings. The van der Waals surface area contributed by atoms with E-state index in [9.17, 15) is 4.79 Å². The van der Waals surface area contributed by atoms with Crippen molar-refractivity contribution in [1.82, 2.24) is 9.88 Å². The van der Waals surface area contributed by atoms with Gasteiger partial charge in [-0.05, 0) is 30.9 Å². The van der Waals surface area contributed by atoms with Gasteiger partial charge >= 0.3 is 0 Å². The Hall–Kier alpha value is -1.25. The summed E-state index contributed by atoms with van der Waals surface area (Å²) in [6.07, 6.45) is 4.79. The lowest BCUT2D eigenvalue weighted by molar-refractivity contribution is -0.131. The van der Waals surface area contributed by atoms with E-state index in [0.29, 0.717) is 6.42 Å². The van der Waals surface area contributed by atoms with Gasteiger partial charge in [0.1, 0.15) is 0 Å². The van der Waals surface area contributed by atoms with Crippen molar-refractivity contribution in [2.45, 2.75) is 39.7 Å². The molecule has 3 nitrogen and oxygen atoms in total. The van der Waals surface area contributed by atoms with Crippen molar-refractivity contribution in [2.24, 2.45) is 0 Å². The number of carbonyl (C=O) groups excluding carboxylic acids is 1. The fourth-order valence-corrected chi connectivity index (χ4v) is 2.20. The van der Waals surface area contributed by atoms with Crippen LogP contribution in [0.4, 0.5) is 0 Å². The molecule has 2 rings (SSSR count). The van der Waals surface area contributed by atoms with Gasteiger partial charge < -0.3 is 9.88 Å². The van der Waals surface area contributed by atoms with Crippen LogP contribution in [0.15, 0.2) is 6.20 Å². The molecular weight excluding hydrogens is 188 g/mol. The van der Waals surface area contributed by atoms with Crippen LogP contribution in [0, 0.1) is 6.92 Å². The molecule has 1 aromatic heterocycles. The van der Waals surface area contributed by atoms with Gasteiger partial charge in [-0.1, -0.05) is 6.92 Å². The highest BCUT2D eigenvalue weighted by Gasteiger charge is 2.19. The summed E-state index contributed by atoms with van der Waals surface area (Å²) >= 11 is 0. The van der Waals surface area contributed by atoms with Gasteiger partial charge in [-0.2, -0.15) is 0 Å². The van der Waals surface area contributed by atoms with Crippen molar-refractivity contribution in [1.29, 1.82) is 0 Å². The molecule has 0 unspecified atom stereocenters. The first kappa shape index (κ1) is 10.3. The summed E-state index contributed by atoms with van der Waals surface area (Å²) in [4.78, 5) is 17.0. The highest BCUT2D eigenvalue weighted by molar-refractivity contribution is 5.76. The molecule has 0 fully saturated rings. The minimum absolute atomic E-state index is 0.267. The van der Waals surface area contributed by atoms with E-state index in [0.717, 1.165) is 25.9 Å². The predicted octanol–water partition coefficient (Wildman–Crippen LogP) is 2.01. The summed E-state index contributed by atoms with van der Waals surface area (Å²) in [6, 6.07) is 0. The Labute approximate surface area is 90.5 Å². The molecule has 2 heterocycles. The lowest BCUT2D eigenvalue weighted by Gasteiger charge is -2.20. The Bertz CT molecular complexity index is 368. The summed E-state index contributed by atoms with van der Waals surface area (Å²) in [7, 11) is 0. The van der Waals surface area contributed by atoms with E-state index >= 15 is 0 Å². The fourth-order valence-electron chi connectivity index (χ4n) is 2.20. The van der Waals surface area contributed by atoms with Crippen LogP contribution in [0.3, 0.4) is 0 Å². The van der Waals surface area contributed by atoms with Crippen molar-refractivity contribution < 1.29 is 4.79 Å². The van der Waals surface area contributed by atoms with Gasteiger partial charge in [0.25, 0.3) is 0 Å². The molecule has 0 bridgehead atoms. The Morgan fingerprint density at radius 3 is 3.13 bits per heavy atom. The monoisotopic (exact) mass is 206 g/mol. The number of carbonyl (C=O) groups is 1. The van der Waals surface area contributed by atoms with E-state index in [1.165, 1.54) is 16.8 Å². The number of hydrogen-bond donors (Lipinski definition) is 1. The van der Waals surface area contributed by atoms with Gasteiger partial charge in [0.05, 0.1) is 0 Å². The molecule has 1 N–H and O–H groups in total. The van der Waals surface area contributed by atoms with Crippen LogP contribution in [-0.4, -0.2) is 22.3 Å². The molecule has 15 heavy (non-hydrogen) atoms. The van der Waals surface area contributed by atoms with E-state index < -0.39 is 0 Å². The summed E-state index contributed by atoms with van der Waals surface area (Å²) in [5, 5.41) is 0. The molecule has 0 spiro atoms. The molecule has 0 saturated heterocycles. The van der Waals surface area contributed by atoms with E-state index in [1.54, 1.807) is 0 Å². The SMILES string of the molecule is CCC(=O)N1CCCc2[nH]cc(C)c2C1. The van der Waals surface area contributed by atoms with Crippen LogP contribution >= 0.6 is 0 Å². The molecule has 1 amide bonds. The number of aromatic nitrogens is 1. The summed E-state index contributed by atoms with van der Waals surface area (Å²) in [6.45, 7) is 5.72. The third kappa shape index (κ3) is 1.91. The maximum Gasteiger partial charge on any atom is 0.222 e. The number of nitrogens with zero attached hydrogens (tertiary/aromatic N) is 1. The number of rotatable bonds is 1. The Kier molecular flexibility index (Phi) is 2.80. The molecule has 82 valence electrons. The van der Waals surface area contributed by atoms with Gasteiger partial charge in [0, 0.05) is 31.4 Å². The average Bonchev–Trinajstić information content (AvgIpc) is 2.50. The molecule has 0 radical (unpaired) electrons. The van der Waals surface area contributed by atoms with Crippen molar-refractivity contribution in [3.05, 3.63) is 23.0 Å². The van der Waals surface area contributed by atoms with Crippen LogP contribution in [0.1, 0.15) is 36.6 Å². The number of aromatic amines is 1. The second-order valence-corrected chi connectivity index (χ2v) is 4.20. The highest BCUT2D eigenvalue weighted by atomic mass is 16.2. The smallest absolute Gasteiger partial charge is 0.222 e. The predicted molar refractivity (Wildman–Crippen MR) is 59.6 cm³/mol. The van der Waals surface area contributed by atoms with E-state index in [2.05, 4.69) is 11.9 Å². The standard InChI is InChI=1S/C12H18N2O/c1-3-12(15)14-6-4-5-11-10(8-14)9(2)7-13-11/h7,13H,3-6,8H2,1-2H3. The normalized spacial score (nSPS) is 16.0. The summed E-state index contributed by atoms with van der Waals surface area (Å²) < 4.78 is 0. The minimum Gasteiger partial charge on any atom is -0.364 e. The van der Waals surface area contributed by atoms with Crippen LogP contribution in [0.25, 0.3) is 0 Å². The summed E-state index contributed by atoms with van der Waals surface area (Å²) in [5.41, 5.74) is 3.93. The van der Waals surface area contributed by atoms with Gasteiger partial charge in [-0.15, -0.1) is 0 Å². The third-order valence-corrected chi connectivity index (χ3v) is 3.16. The number of aryl methyl sites for hydroxylation is 2.